The van der Waals surface area contributed by atoms with E-state index >= 15 is 0 Å². The minimum Gasteiger partial charge on any atom is -0.491 e. The Morgan fingerprint density at radius 3 is 2.79 bits per heavy atom. The fourth-order valence-corrected chi connectivity index (χ4v) is 3.66. The summed E-state index contributed by atoms with van der Waals surface area (Å²) in [6, 6.07) is 13.8. The predicted octanol–water partition coefficient (Wildman–Crippen LogP) is 3.36. The van der Waals surface area contributed by atoms with Crippen LogP contribution in [-0.4, -0.2) is 52.3 Å². The number of piperidine rings is 1. The second-order valence-corrected chi connectivity index (χ2v) is 7.31. The largest absolute Gasteiger partial charge is 0.491 e. The van der Waals surface area contributed by atoms with Crippen LogP contribution in [0.1, 0.15) is 24.7 Å². The van der Waals surface area contributed by atoms with Gasteiger partial charge in [0.2, 0.25) is 0 Å². The molecule has 0 radical (unpaired) electrons. The van der Waals surface area contributed by atoms with E-state index in [4.69, 9.17) is 9.15 Å². The molecule has 1 atom stereocenters. The molecule has 0 aliphatic carbocycles. The zero-order valence-electron chi connectivity index (χ0n) is 15.9. The number of nitro benzene ring substituents is 1. The number of benzene rings is 2. The molecule has 1 fully saturated rings. The molecule has 0 spiro atoms. The van der Waals surface area contributed by atoms with Crippen molar-refractivity contribution in [3.8, 4) is 5.75 Å². The summed E-state index contributed by atoms with van der Waals surface area (Å²) < 4.78 is 11.4. The Morgan fingerprint density at radius 1 is 1.24 bits per heavy atom. The zero-order chi connectivity index (χ0) is 20.2. The van der Waals surface area contributed by atoms with Crippen LogP contribution >= 0.6 is 0 Å². The first-order valence-corrected chi connectivity index (χ1v) is 9.71. The molecule has 0 amide bonds. The second kappa shape index (κ2) is 8.59. The van der Waals surface area contributed by atoms with Crippen LogP contribution in [0.4, 0.5) is 5.69 Å². The average Bonchev–Trinajstić information content (AvgIpc) is 3.17. The van der Waals surface area contributed by atoms with Crippen LogP contribution in [0, 0.1) is 10.1 Å². The zero-order valence-corrected chi connectivity index (χ0v) is 15.9. The molecule has 1 N–H and O–H groups in total. The number of hydrogen-bond acceptors (Lipinski definition) is 7. The number of β-amino-alcohol motifs (C(OH)–C–C–N with tert-alkyl or cyclic N) is 1. The molecule has 1 aliphatic heterocycles. The molecule has 8 heteroatoms. The summed E-state index contributed by atoms with van der Waals surface area (Å²) >= 11 is 0. The van der Waals surface area contributed by atoms with Gasteiger partial charge < -0.3 is 19.2 Å². The van der Waals surface area contributed by atoms with Crippen molar-refractivity contribution in [3.05, 3.63) is 64.5 Å². The number of nitrogens with zero attached hydrogens (tertiary/aromatic N) is 3. The Balaban J connectivity index is 1.25. The molecular formula is C21H23N3O5. The van der Waals surface area contributed by atoms with E-state index in [-0.39, 0.29) is 18.2 Å². The summed E-state index contributed by atoms with van der Waals surface area (Å²) in [5.41, 5.74) is 1.68. The smallest absolute Gasteiger partial charge is 0.273 e. The third-order valence-electron chi connectivity index (χ3n) is 5.19. The van der Waals surface area contributed by atoms with Gasteiger partial charge in [-0.2, -0.15) is 0 Å². The number of non-ortho nitro benzene ring substituents is 1. The molecule has 3 aromatic rings. The van der Waals surface area contributed by atoms with Gasteiger partial charge in [-0.25, -0.2) is 4.98 Å². The number of fused-ring (bicyclic) bond motifs is 1. The molecular weight excluding hydrogens is 374 g/mol. The maximum absolute atomic E-state index is 10.8. The van der Waals surface area contributed by atoms with Gasteiger partial charge in [0.1, 0.15) is 24.0 Å². The van der Waals surface area contributed by atoms with Gasteiger partial charge in [0.15, 0.2) is 11.5 Å². The third-order valence-corrected chi connectivity index (χ3v) is 5.19. The Morgan fingerprint density at radius 2 is 2.03 bits per heavy atom. The fraction of sp³-hybridized carbons (Fsp3) is 0.381. The van der Waals surface area contributed by atoms with Gasteiger partial charge in [0, 0.05) is 18.5 Å². The van der Waals surface area contributed by atoms with Crippen LogP contribution in [-0.2, 0) is 0 Å². The fourth-order valence-electron chi connectivity index (χ4n) is 3.66. The van der Waals surface area contributed by atoms with Crippen molar-refractivity contribution in [3.63, 3.8) is 0 Å². The van der Waals surface area contributed by atoms with E-state index in [0.717, 1.165) is 42.9 Å². The maximum Gasteiger partial charge on any atom is 0.273 e. The van der Waals surface area contributed by atoms with Crippen LogP contribution in [0.3, 0.4) is 0 Å². The number of aliphatic hydroxyl groups excluding tert-OH is 1. The van der Waals surface area contributed by atoms with Crippen LogP contribution in [0.15, 0.2) is 52.9 Å². The summed E-state index contributed by atoms with van der Waals surface area (Å²) in [4.78, 5) is 17.1. The maximum atomic E-state index is 10.8. The first kappa shape index (κ1) is 19.4. The van der Waals surface area contributed by atoms with Crippen molar-refractivity contribution < 1.29 is 19.2 Å². The van der Waals surface area contributed by atoms with Gasteiger partial charge in [-0.05, 0) is 44.1 Å². The molecule has 1 saturated heterocycles. The molecule has 1 aromatic heterocycles. The number of ether oxygens (including phenoxy) is 1. The van der Waals surface area contributed by atoms with Crippen LogP contribution in [0.5, 0.6) is 5.75 Å². The molecule has 0 bridgehead atoms. The van der Waals surface area contributed by atoms with Gasteiger partial charge >= 0.3 is 0 Å². The molecule has 1 unspecified atom stereocenters. The Bertz CT molecular complexity index is 948. The molecule has 0 saturated carbocycles. The Labute approximate surface area is 167 Å². The summed E-state index contributed by atoms with van der Waals surface area (Å²) in [5, 5.41) is 21.1. The van der Waals surface area contributed by atoms with Crippen molar-refractivity contribution in [1.29, 1.82) is 0 Å². The number of para-hydroxylation sites is 2. The average molecular weight is 397 g/mol. The minimum absolute atomic E-state index is 0.0294. The van der Waals surface area contributed by atoms with Crippen molar-refractivity contribution in [2.45, 2.75) is 24.9 Å². The normalized spacial score (nSPS) is 16.7. The molecule has 152 valence electrons. The van der Waals surface area contributed by atoms with Gasteiger partial charge in [-0.15, -0.1) is 0 Å². The molecule has 1 aliphatic rings. The highest BCUT2D eigenvalue weighted by molar-refractivity contribution is 5.72. The van der Waals surface area contributed by atoms with E-state index in [0.29, 0.717) is 12.3 Å². The highest BCUT2D eigenvalue weighted by atomic mass is 16.6. The SMILES string of the molecule is O=[N+]([O-])c1cccc(OCC(O)CN2CCC(c3nc4ccccc4o3)CC2)c1. The third kappa shape index (κ3) is 4.72. The number of rotatable bonds is 7. The Kier molecular flexibility index (Phi) is 5.73. The van der Waals surface area contributed by atoms with Crippen LogP contribution in [0.2, 0.25) is 0 Å². The van der Waals surface area contributed by atoms with E-state index in [9.17, 15) is 15.2 Å². The van der Waals surface area contributed by atoms with Crippen molar-refractivity contribution in [2.24, 2.45) is 0 Å². The van der Waals surface area contributed by atoms with E-state index in [1.165, 1.54) is 12.1 Å². The summed E-state index contributed by atoms with van der Waals surface area (Å²) in [6.07, 6.45) is 1.17. The lowest BCUT2D eigenvalue weighted by molar-refractivity contribution is -0.384. The molecule has 8 nitrogen and oxygen atoms in total. The number of hydrogen-bond donors (Lipinski definition) is 1. The standard InChI is InChI=1S/C21H23N3O5/c25-17(14-28-18-5-3-4-16(12-18)24(26)27)13-23-10-8-15(9-11-23)21-22-19-6-1-2-7-20(19)29-21/h1-7,12,15,17,25H,8-11,13-14H2. The quantitative estimate of drug-likeness (QED) is 0.482. The van der Waals surface area contributed by atoms with Gasteiger partial charge in [-0.1, -0.05) is 18.2 Å². The van der Waals surface area contributed by atoms with E-state index in [1.807, 2.05) is 24.3 Å². The molecule has 2 aromatic carbocycles. The monoisotopic (exact) mass is 397 g/mol. The lowest BCUT2D eigenvalue weighted by Gasteiger charge is -2.31. The van der Waals surface area contributed by atoms with Crippen molar-refractivity contribution in [2.75, 3.05) is 26.2 Å². The second-order valence-electron chi connectivity index (χ2n) is 7.31. The first-order chi connectivity index (χ1) is 14.1. The number of aliphatic hydroxyl groups is 1. The Hall–Kier alpha value is -2.97. The molecule has 4 rings (SSSR count). The lowest BCUT2D eigenvalue weighted by atomic mass is 9.96. The van der Waals surface area contributed by atoms with Gasteiger partial charge in [0.25, 0.3) is 5.69 Å². The summed E-state index contributed by atoms with van der Waals surface area (Å²) in [6.45, 7) is 2.27. The van der Waals surface area contributed by atoms with Crippen LogP contribution < -0.4 is 4.74 Å². The summed E-state index contributed by atoms with van der Waals surface area (Å²) in [5.74, 6) is 1.46. The van der Waals surface area contributed by atoms with E-state index < -0.39 is 11.0 Å². The molecule has 2 heterocycles. The van der Waals surface area contributed by atoms with Crippen LogP contribution in [0.25, 0.3) is 11.1 Å². The number of nitro groups is 1. The topological polar surface area (TPSA) is 102 Å². The van der Waals surface area contributed by atoms with Gasteiger partial charge in [0.05, 0.1) is 11.0 Å². The van der Waals surface area contributed by atoms with Gasteiger partial charge in [-0.3, -0.25) is 10.1 Å². The number of likely N-dealkylation sites (tertiary alicyclic amines) is 1. The van der Waals surface area contributed by atoms with E-state index in [2.05, 4.69) is 9.88 Å². The predicted molar refractivity (Wildman–Crippen MR) is 107 cm³/mol. The highest BCUT2D eigenvalue weighted by Crippen LogP contribution is 2.30. The first-order valence-electron chi connectivity index (χ1n) is 9.71. The van der Waals surface area contributed by atoms with E-state index in [1.54, 1.807) is 12.1 Å². The summed E-state index contributed by atoms with van der Waals surface area (Å²) in [7, 11) is 0. The minimum atomic E-state index is -0.671. The number of aromatic nitrogens is 1. The lowest BCUT2D eigenvalue weighted by Crippen LogP contribution is -2.40. The highest BCUT2D eigenvalue weighted by Gasteiger charge is 2.25. The van der Waals surface area contributed by atoms with Crippen molar-refractivity contribution in [1.82, 2.24) is 9.88 Å². The van der Waals surface area contributed by atoms with Crippen molar-refractivity contribution >= 4 is 16.8 Å². The molecule has 29 heavy (non-hydrogen) atoms. The number of oxazole rings is 1.